The lowest BCUT2D eigenvalue weighted by molar-refractivity contribution is 0.0828. The number of hydrogen-bond donors (Lipinski definition) is 2. The summed E-state index contributed by atoms with van der Waals surface area (Å²) in [5, 5.41) is 0. The molecule has 2 heterocycles. The summed E-state index contributed by atoms with van der Waals surface area (Å²) in [6, 6.07) is 15.6. The van der Waals surface area contributed by atoms with Crippen molar-refractivity contribution < 1.29 is 28.2 Å². The first-order valence-electron chi connectivity index (χ1n) is 9.37. The summed E-state index contributed by atoms with van der Waals surface area (Å²) in [6.45, 7) is 3.06. The Morgan fingerprint density at radius 2 is 1.63 bits per heavy atom. The van der Waals surface area contributed by atoms with Gasteiger partial charge in [-0.1, -0.05) is 17.7 Å². The number of benzene rings is 2. The predicted molar refractivity (Wildman–Crippen MR) is 107 cm³/mol. The monoisotopic (exact) mass is 408 g/mol. The number of ether oxygens (including phenoxy) is 3. The number of rotatable bonds is 5. The van der Waals surface area contributed by atoms with Gasteiger partial charge in [-0.05, 0) is 49.4 Å². The first kappa shape index (κ1) is 19.4. The molecule has 0 saturated heterocycles. The number of furan rings is 1. The van der Waals surface area contributed by atoms with Gasteiger partial charge in [0.2, 0.25) is 0 Å². The molecule has 1 aliphatic rings. The van der Waals surface area contributed by atoms with Gasteiger partial charge < -0.3 is 18.6 Å². The Balaban J connectivity index is 1.30. The number of carbonyl (C=O) groups excluding carboxylic acids is 2. The number of amides is 2. The molecule has 8 nitrogen and oxygen atoms in total. The van der Waals surface area contributed by atoms with Crippen molar-refractivity contribution in [3.63, 3.8) is 0 Å². The van der Waals surface area contributed by atoms with E-state index in [1.165, 1.54) is 6.07 Å². The summed E-state index contributed by atoms with van der Waals surface area (Å²) < 4.78 is 22.0. The smallest absolute Gasteiger partial charge is 0.305 e. The molecule has 3 aromatic rings. The summed E-state index contributed by atoms with van der Waals surface area (Å²) in [4.78, 5) is 24.5. The van der Waals surface area contributed by atoms with Crippen molar-refractivity contribution in [1.29, 1.82) is 0 Å². The fraction of sp³-hybridized carbons (Fsp3) is 0.182. The van der Waals surface area contributed by atoms with Crippen LogP contribution in [0.3, 0.4) is 0 Å². The minimum absolute atomic E-state index is 0.0555. The zero-order valence-electron chi connectivity index (χ0n) is 16.3. The summed E-state index contributed by atoms with van der Waals surface area (Å²) in [7, 11) is 0. The number of hydrogen-bond acceptors (Lipinski definition) is 6. The van der Waals surface area contributed by atoms with Gasteiger partial charge in [0.1, 0.15) is 31.3 Å². The van der Waals surface area contributed by atoms with E-state index in [0.29, 0.717) is 41.8 Å². The largest absolute Gasteiger partial charge is 0.486 e. The van der Waals surface area contributed by atoms with Crippen molar-refractivity contribution in [2.24, 2.45) is 0 Å². The second-order valence-electron chi connectivity index (χ2n) is 6.63. The van der Waals surface area contributed by atoms with E-state index >= 15 is 0 Å². The highest BCUT2D eigenvalue weighted by Gasteiger charge is 2.17. The molecule has 2 aromatic carbocycles. The van der Waals surface area contributed by atoms with E-state index in [2.05, 4.69) is 10.9 Å². The molecule has 0 spiro atoms. The molecule has 0 atom stereocenters. The van der Waals surface area contributed by atoms with E-state index in [-0.39, 0.29) is 12.4 Å². The van der Waals surface area contributed by atoms with Crippen LogP contribution >= 0.6 is 0 Å². The molecule has 0 unspecified atom stereocenters. The normalized spacial score (nSPS) is 12.2. The van der Waals surface area contributed by atoms with Crippen molar-refractivity contribution in [2.75, 3.05) is 13.2 Å². The molecule has 0 radical (unpaired) electrons. The number of hydrazine groups is 1. The van der Waals surface area contributed by atoms with Crippen molar-refractivity contribution in [3.8, 4) is 17.2 Å². The molecule has 30 heavy (non-hydrogen) atoms. The maximum atomic E-state index is 12.3. The molecular weight excluding hydrogens is 388 g/mol. The van der Waals surface area contributed by atoms with Crippen LogP contribution in [0.2, 0.25) is 0 Å². The van der Waals surface area contributed by atoms with Crippen molar-refractivity contribution >= 4 is 11.8 Å². The summed E-state index contributed by atoms with van der Waals surface area (Å²) in [5.41, 5.74) is 6.14. The molecule has 0 fully saturated rings. The maximum absolute atomic E-state index is 12.3. The van der Waals surface area contributed by atoms with Crippen molar-refractivity contribution in [2.45, 2.75) is 13.5 Å². The Kier molecular flexibility index (Phi) is 5.56. The van der Waals surface area contributed by atoms with Gasteiger partial charge in [0.15, 0.2) is 17.3 Å². The van der Waals surface area contributed by atoms with E-state index < -0.39 is 11.8 Å². The minimum atomic E-state index is -0.581. The third-order valence-electron chi connectivity index (χ3n) is 4.38. The van der Waals surface area contributed by atoms with Gasteiger partial charge in [-0.2, -0.15) is 0 Å². The topological polar surface area (TPSA) is 99.0 Å². The van der Waals surface area contributed by atoms with E-state index in [4.69, 9.17) is 18.6 Å². The molecule has 1 aromatic heterocycles. The fourth-order valence-corrected chi connectivity index (χ4v) is 2.80. The molecule has 154 valence electrons. The SMILES string of the molecule is Cc1ccc(OCc2ccc(C(=O)NNC(=O)c3ccc4c(c3)OCCO4)o2)cc1. The zero-order valence-corrected chi connectivity index (χ0v) is 16.3. The Morgan fingerprint density at radius 3 is 2.43 bits per heavy atom. The van der Waals surface area contributed by atoms with Crippen LogP contribution in [0, 0.1) is 6.92 Å². The highest BCUT2D eigenvalue weighted by Crippen LogP contribution is 2.30. The van der Waals surface area contributed by atoms with E-state index in [1.807, 2.05) is 31.2 Å². The molecule has 0 saturated carbocycles. The third kappa shape index (κ3) is 4.54. The summed E-state index contributed by atoms with van der Waals surface area (Å²) in [5.74, 6) is 1.24. The lowest BCUT2D eigenvalue weighted by Crippen LogP contribution is -2.41. The molecule has 8 heteroatoms. The molecular formula is C22H20N2O6. The maximum Gasteiger partial charge on any atom is 0.305 e. The predicted octanol–water partition coefficient (Wildman–Crippen LogP) is 3.01. The van der Waals surface area contributed by atoms with Gasteiger partial charge in [-0.25, -0.2) is 0 Å². The Bertz CT molecular complexity index is 1060. The third-order valence-corrected chi connectivity index (χ3v) is 4.38. The molecule has 2 amide bonds. The van der Waals surface area contributed by atoms with Gasteiger partial charge >= 0.3 is 5.91 Å². The van der Waals surface area contributed by atoms with Crippen LogP contribution < -0.4 is 25.1 Å². The first-order valence-corrected chi connectivity index (χ1v) is 9.37. The molecule has 2 N–H and O–H groups in total. The van der Waals surface area contributed by atoms with Gasteiger partial charge in [-0.3, -0.25) is 20.4 Å². The number of fused-ring (bicyclic) bond motifs is 1. The lowest BCUT2D eigenvalue weighted by atomic mass is 10.2. The second-order valence-corrected chi connectivity index (χ2v) is 6.63. The van der Waals surface area contributed by atoms with Crippen LogP contribution in [-0.2, 0) is 6.61 Å². The number of aryl methyl sites for hydroxylation is 1. The van der Waals surface area contributed by atoms with Crippen LogP contribution in [0.5, 0.6) is 17.2 Å². The van der Waals surface area contributed by atoms with Crippen LogP contribution in [-0.4, -0.2) is 25.0 Å². The van der Waals surface area contributed by atoms with Gasteiger partial charge in [0, 0.05) is 5.56 Å². The Morgan fingerprint density at radius 1 is 0.900 bits per heavy atom. The first-order chi connectivity index (χ1) is 14.6. The summed E-state index contributed by atoms with van der Waals surface area (Å²) >= 11 is 0. The second kappa shape index (κ2) is 8.60. The van der Waals surface area contributed by atoms with Crippen LogP contribution in [0.1, 0.15) is 32.2 Å². The zero-order chi connectivity index (χ0) is 20.9. The van der Waals surface area contributed by atoms with Crippen molar-refractivity contribution in [1.82, 2.24) is 10.9 Å². The highest BCUT2D eigenvalue weighted by atomic mass is 16.6. The quantitative estimate of drug-likeness (QED) is 0.630. The van der Waals surface area contributed by atoms with Gasteiger partial charge in [0.25, 0.3) is 5.91 Å². The minimum Gasteiger partial charge on any atom is -0.486 e. The molecule has 0 aliphatic carbocycles. The number of carbonyl (C=O) groups is 2. The van der Waals surface area contributed by atoms with Crippen LogP contribution in [0.4, 0.5) is 0 Å². The fourth-order valence-electron chi connectivity index (χ4n) is 2.80. The van der Waals surface area contributed by atoms with Crippen LogP contribution in [0.15, 0.2) is 59.0 Å². The lowest BCUT2D eigenvalue weighted by Gasteiger charge is -2.18. The van der Waals surface area contributed by atoms with E-state index in [1.54, 1.807) is 24.3 Å². The average molecular weight is 408 g/mol. The van der Waals surface area contributed by atoms with E-state index in [0.717, 1.165) is 5.56 Å². The summed E-state index contributed by atoms with van der Waals surface area (Å²) in [6.07, 6.45) is 0. The van der Waals surface area contributed by atoms with E-state index in [9.17, 15) is 9.59 Å². The molecule has 0 bridgehead atoms. The Hall–Kier alpha value is -3.94. The Labute approximate surface area is 172 Å². The van der Waals surface area contributed by atoms with Gasteiger partial charge in [-0.15, -0.1) is 0 Å². The average Bonchev–Trinajstić information content (AvgIpc) is 3.26. The highest BCUT2D eigenvalue weighted by molar-refractivity contribution is 5.98. The van der Waals surface area contributed by atoms with Crippen LogP contribution in [0.25, 0.3) is 0 Å². The van der Waals surface area contributed by atoms with Crippen molar-refractivity contribution in [3.05, 3.63) is 77.2 Å². The standard InChI is InChI=1S/C22H20N2O6/c1-14-2-5-16(6-3-14)29-13-17-7-9-19(30-17)22(26)24-23-21(25)15-4-8-18-20(12-15)28-11-10-27-18/h2-9,12H,10-11,13H2,1H3,(H,23,25)(H,24,26). The molecule has 1 aliphatic heterocycles. The number of nitrogens with one attached hydrogen (secondary N) is 2. The van der Waals surface area contributed by atoms with Gasteiger partial charge in [0.05, 0.1) is 0 Å². The molecule has 4 rings (SSSR count).